The van der Waals surface area contributed by atoms with Crippen molar-refractivity contribution < 1.29 is 4.79 Å². The Kier molecular flexibility index (Phi) is 7.44. The van der Waals surface area contributed by atoms with E-state index in [0.29, 0.717) is 18.9 Å². The molecule has 0 heterocycles. The molecular weight excluding hydrogens is 260 g/mol. The van der Waals surface area contributed by atoms with Gasteiger partial charge in [-0.1, -0.05) is 58.4 Å². The zero-order chi connectivity index (χ0) is 15.8. The van der Waals surface area contributed by atoms with Crippen LogP contribution < -0.4 is 11.1 Å². The molecule has 0 aromatic heterocycles. The molecular formula is C18H30N2O. The third-order valence-electron chi connectivity index (χ3n) is 4.11. The van der Waals surface area contributed by atoms with E-state index in [0.717, 1.165) is 12.8 Å². The Morgan fingerprint density at radius 3 is 2.24 bits per heavy atom. The molecule has 1 amide bonds. The van der Waals surface area contributed by atoms with Crippen LogP contribution in [0.3, 0.4) is 0 Å². The first-order valence-corrected chi connectivity index (χ1v) is 8.10. The van der Waals surface area contributed by atoms with Gasteiger partial charge >= 0.3 is 0 Å². The van der Waals surface area contributed by atoms with E-state index in [9.17, 15) is 4.79 Å². The van der Waals surface area contributed by atoms with Gasteiger partial charge in [0.1, 0.15) is 0 Å². The number of nitrogens with one attached hydrogen (secondary N) is 1. The lowest BCUT2D eigenvalue weighted by Crippen LogP contribution is -2.33. The van der Waals surface area contributed by atoms with Gasteiger partial charge in [0.05, 0.1) is 6.04 Å². The average molecular weight is 290 g/mol. The van der Waals surface area contributed by atoms with Crippen LogP contribution in [-0.2, 0) is 11.2 Å². The van der Waals surface area contributed by atoms with E-state index in [-0.39, 0.29) is 17.9 Å². The molecule has 2 unspecified atom stereocenters. The van der Waals surface area contributed by atoms with Crippen LogP contribution in [0.5, 0.6) is 0 Å². The predicted octanol–water partition coefficient (Wildman–Crippen LogP) is 3.44. The number of carbonyl (C=O) groups is 1. The second kappa shape index (κ2) is 8.83. The smallest absolute Gasteiger partial charge is 0.220 e. The fourth-order valence-electron chi connectivity index (χ4n) is 2.48. The minimum Gasteiger partial charge on any atom is -0.349 e. The fraction of sp³-hybridized carbons (Fsp3) is 0.611. The van der Waals surface area contributed by atoms with Crippen molar-refractivity contribution in [3.63, 3.8) is 0 Å². The fourth-order valence-corrected chi connectivity index (χ4v) is 2.48. The highest BCUT2D eigenvalue weighted by atomic mass is 16.1. The van der Waals surface area contributed by atoms with Crippen molar-refractivity contribution >= 4 is 5.91 Å². The maximum atomic E-state index is 12.2. The summed E-state index contributed by atoms with van der Waals surface area (Å²) in [7, 11) is 0. The highest BCUT2D eigenvalue weighted by Gasteiger charge is 2.19. The highest BCUT2D eigenvalue weighted by Crippen LogP contribution is 2.23. The number of amides is 1. The minimum absolute atomic E-state index is 0.0682. The Labute approximate surface area is 129 Å². The summed E-state index contributed by atoms with van der Waals surface area (Å²) >= 11 is 0. The molecule has 3 heteroatoms. The maximum Gasteiger partial charge on any atom is 0.220 e. The van der Waals surface area contributed by atoms with E-state index in [1.54, 1.807) is 0 Å². The van der Waals surface area contributed by atoms with Crippen LogP contribution in [0.4, 0.5) is 0 Å². The third-order valence-corrected chi connectivity index (χ3v) is 4.11. The van der Waals surface area contributed by atoms with E-state index in [2.05, 4.69) is 57.3 Å². The van der Waals surface area contributed by atoms with Gasteiger partial charge in [-0.05, 0) is 35.9 Å². The zero-order valence-electron chi connectivity index (χ0n) is 13.9. The predicted molar refractivity (Wildman–Crippen MR) is 89.0 cm³/mol. The molecule has 2 atom stereocenters. The molecule has 0 aliphatic carbocycles. The molecule has 0 aliphatic rings. The van der Waals surface area contributed by atoms with Gasteiger partial charge in [0.25, 0.3) is 0 Å². The van der Waals surface area contributed by atoms with Crippen molar-refractivity contribution in [3.8, 4) is 0 Å². The quantitative estimate of drug-likeness (QED) is 0.770. The molecule has 3 N–H and O–H groups in total. The van der Waals surface area contributed by atoms with Gasteiger partial charge in [-0.25, -0.2) is 0 Å². The van der Waals surface area contributed by atoms with Gasteiger partial charge in [0.15, 0.2) is 0 Å². The summed E-state index contributed by atoms with van der Waals surface area (Å²) in [4.78, 5) is 12.2. The molecule has 0 fully saturated rings. The van der Waals surface area contributed by atoms with Gasteiger partial charge in [-0.15, -0.1) is 0 Å². The molecule has 1 aromatic carbocycles. The van der Waals surface area contributed by atoms with Crippen molar-refractivity contribution in [1.29, 1.82) is 0 Å². The Hall–Kier alpha value is -1.35. The number of hydrogen-bond acceptors (Lipinski definition) is 2. The first kappa shape index (κ1) is 17.7. The van der Waals surface area contributed by atoms with Crippen LogP contribution in [0.15, 0.2) is 24.3 Å². The van der Waals surface area contributed by atoms with Crippen LogP contribution in [0.1, 0.15) is 57.7 Å². The van der Waals surface area contributed by atoms with Gasteiger partial charge in [0, 0.05) is 6.42 Å². The molecule has 0 saturated carbocycles. The van der Waals surface area contributed by atoms with Crippen molar-refractivity contribution in [3.05, 3.63) is 35.4 Å². The lowest BCUT2D eigenvalue weighted by atomic mass is 9.94. The molecule has 1 aromatic rings. The minimum atomic E-state index is 0.0682. The van der Waals surface area contributed by atoms with Crippen LogP contribution in [0.2, 0.25) is 0 Å². The number of nitrogens with two attached hydrogens (primary N) is 1. The van der Waals surface area contributed by atoms with E-state index in [1.807, 2.05) is 0 Å². The summed E-state index contributed by atoms with van der Waals surface area (Å²) in [5.74, 6) is 0.741. The van der Waals surface area contributed by atoms with E-state index < -0.39 is 0 Å². The lowest BCUT2D eigenvalue weighted by molar-refractivity contribution is -0.123. The summed E-state index contributed by atoms with van der Waals surface area (Å²) in [6.07, 6.45) is 2.50. The number of hydrogen-bond donors (Lipinski definition) is 2. The molecule has 0 spiro atoms. The van der Waals surface area contributed by atoms with Crippen LogP contribution in [0, 0.1) is 11.8 Å². The molecule has 0 radical (unpaired) electrons. The van der Waals surface area contributed by atoms with E-state index in [1.165, 1.54) is 11.1 Å². The SMILES string of the molecule is CCc1ccc(C(NC(=O)CC(CC)CN)C(C)C)cc1. The van der Waals surface area contributed by atoms with E-state index in [4.69, 9.17) is 5.73 Å². The van der Waals surface area contributed by atoms with Gasteiger partial charge in [-0.2, -0.15) is 0 Å². The number of carbonyl (C=O) groups excluding carboxylic acids is 1. The molecule has 21 heavy (non-hydrogen) atoms. The van der Waals surface area contributed by atoms with E-state index >= 15 is 0 Å². The van der Waals surface area contributed by atoms with Gasteiger partial charge < -0.3 is 11.1 Å². The lowest BCUT2D eigenvalue weighted by Gasteiger charge is -2.24. The monoisotopic (exact) mass is 290 g/mol. The third kappa shape index (κ3) is 5.50. The molecule has 0 aliphatic heterocycles. The van der Waals surface area contributed by atoms with Crippen LogP contribution >= 0.6 is 0 Å². The molecule has 3 nitrogen and oxygen atoms in total. The maximum absolute atomic E-state index is 12.2. The molecule has 0 saturated heterocycles. The second-order valence-corrected chi connectivity index (χ2v) is 6.10. The highest BCUT2D eigenvalue weighted by molar-refractivity contribution is 5.76. The Morgan fingerprint density at radius 1 is 1.19 bits per heavy atom. The summed E-state index contributed by atoms with van der Waals surface area (Å²) in [6.45, 7) is 9.07. The van der Waals surface area contributed by atoms with Crippen molar-refractivity contribution in [1.82, 2.24) is 5.32 Å². The largest absolute Gasteiger partial charge is 0.349 e. The topological polar surface area (TPSA) is 55.1 Å². The summed E-state index contributed by atoms with van der Waals surface area (Å²) in [6, 6.07) is 8.62. The van der Waals surface area contributed by atoms with Crippen LogP contribution in [-0.4, -0.2) is 12.5 Å². The summed E-state index contributed by atoms with van der Waals surface area (Å²) in [5.41, 5.74) is 8.18. The first-order chi connectivity index (χ1) is 10.0. The van der Waals surface area contributed by atoms with Crippen molar-refractivity contribution in [2.45, 2.75) is 53.0 Å². The second-order valence-electron chi connectivity index (χ2n) is 6.10. The van der Waals surface area contributed by atoms with Gasteiger partial charge in [0.2, 0.25) is 5.91 Å². The zero-order valence-corrected chi connectivity index (χ0v) is 13.9. The summed E-state index contributed by atoms with van der Waals surface area (Å²) < 4.78 is 0. The number of rotatable bonds is 8. The Bertz CT molecular complexity index is 421. The molecule has 0 bridgehead atoms. The normalized spacial score (nSPS) is 14.0. The Morgan fingerprint density at radius 2 is 1.81 bits per heavy atom. The summed E-state index contributed by atoms with van der Waals surface area (Å²) in [5, 5.41) is 3.17. The Balaban J connectivity index is 2.75. The number of aryl methyl sites for hydroxylation is 1. The standard InChI is InChI=1S/C18H30N2O/c1-5-14-7-9-16(10-8-14)18(13(3)4)20-17(21)11-15(6-2)12-19/h7-10,13,15,18H,5-6,11-12,19H2,1-4H3,(H,20,21). The van der Waals surface area contributed by atoms with Crippen molar-refractivity contribution in [2.24, 2.45) is 17.6 Å². The van der Waals surface area contributed by atoms with Gasteiger partial charge in [-0.3, -0.25) is 4.79 Å². The van der Waals surface area contributed by atoms with Crippen LogP contribution in [0.25, 0.3) is 0 Å². The average Bonchev–Trinajstić information content (AvgIpc) is 2.50. The van der Waals surface area contributed by atoms with Crippen molar-refractivity contribution in [2.75, 3.05) is 6.54 Å². The number of benzene rings is 1. The molecule has 1 rings (SSSR count). The molecule has 118 valence electrons. The first-order valence-electron chi connectivity index (χ1n) is 8.10.